The first kappa shape index (κ1) is 15.5. The highest BCUT2D eigenvalue weighted by Crippen LogP contribution is 2.27. The van der Waals surface area contributed by atoms with Crippen LogP contribution in [0.15, 0.2) is 41.1 Å². The summed E-state index contributed by atoms with van der Waals surface area (Å²) in [5.41, 5.74) is 5.36. The predicted molar refractivity (Wildman–Crippen MR) is 91.3 cm³/mol. The second-order valence-corrected chi connectivity index (χ2v) is 6.14. The van der Waals surface area contributed by atoms with Crippen LogP contribution in [0.4, 0.5) is 11.4 Å². The Kier molecular flexibility index (Phi) is 4.06. The molecule has 2 aromatic heterocycles. The van der Waals surface area contributed by atoms with Crippen molar-refractivity contribution < 1.29 is 10.0 Å². The summed E-state index contributed by atoms with van der Waals surface area (Å²) in [6.45, 7) is 3.82. The van der Waals surface area contributed by atoms with Crippen LogP contribution in [-0.4, -0.2) is 20.5 Å². The van der Waals surface area contributed by atoms with E-state index in [1.165, 1.54) is 0 Å². The lowest BCUT2D eigenvalue weighted by molar-refractivity contribution is 0.0707. The SMILES string of the molecule is Cc1cc(Br)ccc1Nc1cc2cnc(C)n2cc1C(=O)NO. The minimum absolute atomic E-state index is 0.323. The molecule has 3 rings (SSSR count). The third-order valence-corrected chi connectivity index (χ3v) is 4.15. The van der Waals surface area contributed by atoms with Gasteiger partial charge in [0.2, 0.25) is 0 Å². The normalized spacial score (nSPS) is 10.8. The minimum atomic E-state index is -0.586. The summed E-state index contributed by atoms with van der Waals surface area (Å²) in [6, 6.07) is 7.65. The van der Waals surface area contributed by atoms with Gasteiger partial charge in [0.1, 0.15) is 5.82 Å². The van der Waals surface area contributed by atoms with Gasteiger partial charge >= 0.3 is 0 Å². The van der Waals surface area contributed by atoms with Crippen LogP contribution in [0.25, 0.3) is 5.52 Å². The average Bonchev–Trinajstić information content (AvgIpc) is 2.89. The number of hydrogen-bond donors (Lipinski definition) is 3. The third kappa shape index (κ3) is 2.93. The fourth-order valence-corrected chi connectivity index (χ4v) is 2.90. The van der Waals surface area contributed by atoms with Gasteiger partial charge in [-0.15, -0.1) is 0 Å². The molecule has 3 N–H and O–H groups in total. The number of nitrogens with zero attached hydrogens (tertiary/aromatic N) is 2. The lowest BCUT2D eigenvalue weighted by Crippen LogP contribution is -2.20. The van der Waals surface area contributed by atoms with E-state index in [4.69, 9.17) is 5.21 Å². The number of carbonyl (C=O) groups is 1. The molecule has 0 unspecified atom stereocenters. The summed E-state index contributed by atoms with van der Waals surface area (Å²) in [7, 11) is 0. The fourth-order valence-electron chi connectivity index (χ4n) is 2.43. The van der Waals surface area contributed by atoms with Gasteiger partial charge in [0, 0.05) is 16.4 Å². The van der Waals surface area contributed by atoms with E-state index in [2.05, 4.69) is 26.2 Å². The molecular weight excluding hydrogens is 360 g/mol. The molecule has 0 spiro atoms. The molecule has 2 heterocycles. The first-order valence-electron chi connectivity index (χ1n) is 6.95. The van der Waals surface area contributed by atoms with Gasteiger partial charge in [-0.1, -0.05) is 15.9 Å². The number of carbonyl (C=O) groups excluding carboxylic acids is 1. The molecule has 3 aromatic rings. The largest absolute Gasteiger partial charge is 0.355 e. The van der Waals surface area contributed by atoms with Crippen LogP contribution in [0.2, 0.25) is 0 Å². The van der Waals surface area contributed by atoms with Crippen LogP contribution < -0.4 is 10.8 Å². The topological polar surface area (TPSA) is 78.7 Å². The highest BCUT2D eigenvalue weighted by atomic mass is 79.9. The van der Waals surface area contributed by atoms with E-state index >= 15 is 0 Å². The summed E-state index contributed by atoms with van der Waals surface area (Å²) in [4.78, 5) is 16.2. The number of imidazole rings is 1. The molecular formula is C16H15BrN4O2. The Hall–Kier alpha value is -2.38. The Balaban J connectivity index is 2.12. The van der Waals surface area contributed by atoms with Crippen molar-refractivity contribution in [3.05, 3.63) is 58.1 Å². The molecule has 118 valence electrons. The summed E-state index contributed by atoms with van der Waals surface area (Å²) in [6.07, 6.45) is 3.38. The molecule has 0 bridgehead atoms. The number of pyridine rings is 1. The number of hydroxylamine groups is 1. The van der Waals surface area contributed by atoms with E-state index in [-0.39, 0.29) is 0 Å². The quantitative estimate of drug-likeness (QED) is 0.483. The number of fused-ring (bicyclic) bond motifs is 1. The first-order valence-corrected chi connectivity index (χ1v) is 7.74. The number of benzene rings is 1. The molecule has 1 amide bonds. The lowest BCUT2D eigenvalue weighted by atomic mass is 10.1. The second-order valence-electron chi connectivity index (χ2n) is 5.23. The summed E-state index contributed by atoms with van der Waals surface area (Å²) in [5.74, 6) is 0.177. The van der Waals surface area contributed by atoms with Gasteiger partial charge in [0.05, 0.1) is 23.0 Å². The number of rotatable bonds is 3. The maximum Gasteiger partial charge on any atom is 0.278 e. The zero-order valence-electron chi connectivity index (χ0n) is 12.6. The van der Waals surface area contributed by atoms with Crippen LogP contribution >= 0.6 is 15.9 Å². The number of halogens is 1. The van der Waals surface area contributed by atoms with E-state index in [1.807, 2.05) is 38.1 Å². The van der Waals surface area contributed by atoms with Crippen LogP contribution in [-0.2, 0) is 0 Å². The number of nitrogens with one attached hydrogen (secondary N) is 2. The van der Waals surface area contributed by atoms with Gasteiger partial charge in [0.25, 0.3) is 5.91 Å². The molecule has 0 aliphatic rings. The zero-order chi connectivity index (χ0) is 16.6. The van der Waals surface area contributed by atoms with E-state index < -0.39 is 5.91 Å². The third-order valence-electron chi connectivity index (χ3n) is 3.66. The number of aryl methyl sites for hydroxylation is 2. The van der Waals surface area contributed by atoms with Crippen LogP contribution in [0.5, 0.6) is 0 Å². The summed E-state index contributed by atoms with van der Waals surface area (Å²) in [5, 5.41) is 12.3. The minimum Gasteiger partial charge on any atom is -0.355 e. The molecule has 0 aliphatic carbocycles. The van der Waals surface area contributed by atoms with Crippen molar-refractivity contribution in [2.45, 2.75) is 13.8 Å². The molecule has 0 aliphatic heterocycles. The van der Waals surface area contributed by atoms with Crippen LogP contribution in [0, 0.1) is 13.8 Å². The molecule has 23 heavy (non-hydrogen) atoms. The van der Waals surface area contributed by atoms with Crippen molar-refractivity contribution in [3.63, 3.8) is 0 Å². The molecule has 0 atom stereocenters. The van der Waals surface area contributed by atoms with Gasteiger partial charge in [0.15, 0.2) is 0 Å². The first-order chi connectivity index (χ1) is 11.0. The van der Waals surface area contributed by atoms with E-state index in [1.54, 1.807) is 22.3 Å². The van der Waals surface area contributed by atoms with E-state index in [0.29, 0.717) is 11.3 Å². The number of anilines is 2. The van der Waals surface area contributed by atoms with Gasteiger partial charge in [-0.05, 0) is 43.7 Å². The number of hydrogen-bond acceptors (Lipinski definition) is 4. The van der Waals surface area contributed by atoms with Crippen LogP contribution in [0.1, 0.15) is 21.7 Å². The predicted octanol–water partition coefficient (Wildman–Crippen LogP) is 3.58. The van der Waals surface area contributed by atoms with Gasteiger partial charge in [-0.3, -0.25) is 10.0 Å². The standard InChI is InChI=1S/C16H15BrN4O2/c1-9-5-11(17)3-4-14(9)19-15-6-12-7-18-10(2)21(12)8-13(15)16(22)20-23/h3-8,19,23H,1-2H3,(H,20,22). The van der Waals surface area contributed by atoms with E-state index in [9.17, 15) is 4.79 Å². The molecule has 7 heteroatoms. The highest BCUT2D eigenvalue weighted by Gasteiger charge is 2.15. The van der Waals surface area contributed by atoms with Gasteiger partial charge < -0.3 is 9.72 Å². The average molecular weight is 375 g/mol. The Labute approximate surface area is 141 Å². The molecule has 6 nitrogen and oxygen atoms in total. The molecule has 0 saturated heterocycles. The Morgan fingerprint density at radius 2 is 2.04 bits per heavy atom. The van der Waals surface area contributed by atoms with Crippen molar-refractivity contribution in [1.29, 1.82) is 0 Å². The smallest absolute Gasteiger partial charge is 0.278 e. The van der Waals surface area contributed by atoms with Crippen molar-refractivity contribution in [1.82, 2.24) is 14.9 Å². The van der Waals surface area contributed by atoms with Crippen LogP contribution in [0.3, 0.4) is 0 Å². The Morgan fingerprint density at radius 3 is 2.74 bits per heavy atom. The molecule has 0 fully saturated rings. The Bertz CT molecular complexity index is 904. The fraction of sp³-hybridized carbons (Fsp3) is 0.125. The monoisotopic (exact) mass is 374 g/mol. The lowest BCUT2D eigenvalue weighted by Gasteiger charge is -2.14. The second kappa shape index (κ2) is 6.02. The van der Waals surface area contributed by atoms with Crippen molar-refractivity contribution >= 4 is 38.7 Å². The molecule has 0 radical (unpaired) electrons. The summed E-state index contributed by atoms with van der Waals surface area (Å²) < 4.78 is 2.78. The summed E-state index contributed by atoms with van der Waals surface area (Å²) >= 11 is 3.43. The molecule has 0 saturated carbocycles. The van der Waals surface area contributed by atoms with Crippen molar-refractivity contribution in [2.75, 3.05) is 5.32 Å². The number of amides is 1. The van der Waals surface area contributed by atoms with Crippen molar-refractivity contribution in [2.24, 2.45) is 0 Å². The maximum absolute atomic E-state index is 12.0. The Morgan fingerprint density at radius 1 is 1.26 bits per heavy atom. The highest BCUT2D eigenvalue weighted by molar-refractivity contribution is 9.10. The maximum atomic E-state index is 12.0. The molecule has 1 aromatic carbocycles. The van der Waals surface area contributed by atoms with Crippen molar-refractivity contribution in [3.8, 4) is 0 Å². The van der Waals surface area contributed by atoms with E-state index in [0.717, 1.165) is 27.1 Å². The van der Waals surface area contributed by atoms with Gasteiger partial charge in [-0.25, -0.2) is 10.5 Å². The van der Waals surface area contributed by atoms with Gasteiger partial charge in [-0.2, -0.15) is 0 Å². The number of aromatic nitrogens is 2. The zero-order valence-corrected chi connectivity index (χ0v) is 14.2.